The molecule has 1 aromatic carbocycles. The van der Waals surface area contributed by atoms with Crippen LogP contribution in [-0.2, 0) is 0 Å². The molecule has 0 fully saturated rings. The topological polar surface area (TPSA) is 52.0 Å². The fourth-order valence-electron chi connectivity index (χ4n) is 1.09. The van der Waals surface area contributed by atoms with E-state index in [1.807, 2.05) is 19.1 Å². The summed E-state index contributed by atoms with van der Waals surface area (Å²) < 4.78 is 0. The fourth-order valence-corrected chi connectivity index (χ4v) is 1.28. The minimum Gasteiger partial charge on any atom is -0.397 e. The molecule has 74 valence electrons. The Balaban J connectivity index is 3.00. The average molecular weight is 253 g/mol. The van der Waals surface area contributed by atoms with Gasteiger partial charge in [-0.1, -0.05) is 27.8 Å². The van der Waals surface area contributed by atoms with Crippen molar-refractivity contribution in [2.45, 2.75) is 13.3 Å². The molecule has 0 aliphatic heterocycles. The Bertz CT molecular complexity index is 388. The van der Waals surface area contributed by atoms with Gasteiger partial charge in [0.1, 0.15) is 0 Å². The molecule has 0 atom stereocenters. The van der Waals surface area contributed by atoms with Crippen molar-refractivity contribution in [2.24, 2.45) is 0 Å². The number of nitrogens with two attached hydrogens (primary N) is 2. The third-order valence-corrected chi connectivity index (χ3v) is 2.27. The van der Waals surface area contributed by atoms with E-state index in [-0.39, 0.29) is 0 Å². The number of halogens is 1. The van der Waals surface area contributed by atoms with Crippen molar-refractivity contribution in [1.82, 2.24) is 0 Å². The van der Waals surface area contributed by atoms with Crippen LogP contribution in [0.1, 0.15) is 17.5 Å². The molecule has 14 heavy (non-hydrogen) atoms. The Morgan fingerprint density at radius 2 is 1.93 bits per heavy atom. The molecule has 1 aromatic rings. The molecule has 0 spiro atoms. The summed E-state index contributed by atoms with van der Waals surface area (Å²) >= 11 is 3.32. The highest BCUT2D eigenvalue weighted by atomic mass is 79.9. The third kappa shape index (κ3) is 2.68. The molecule has 0 unspecified atom stereocenters. The van der Waals surface area contributed by atoms with E-state index in [2.05, 4.69) is 27.8 Å². The van der Waals surface area contributed by atoms with Gasteiger partial charge in [0, 0.05) is 17.3 Å². The molecule has 0 heterocycles. The van der Waals surface area contributed by atoms with E-state index >= 15 is 0 Å². The van der Waals surface area contributed by atoms with Crippen LogP contribution in [0.2, 0.25) is 0 Å². The van der Waals surface area contributed by atoms with Crippen LogP contribution in [0.25, 0.3) is 0 Å². The Hall–Kier alpha value is -1.14. The number of aryl methyl sites for hydroxylation is 1. The Morgan fingerprint density at radius 3 is 2.57 bits per heavy atom. The summed E-state index contributed by atoms with van der Waals surface area (Å²) in [6, 6.07) is 3.68. The maximum atomic E-state index is 5.69. The van der Waals surface area contributed by atoms with E-state index in [9.17, 15) is 0 Å². The quantitative estimate of drug-likeness (QED) is 0.458. The molecule has 2 nitrogen and oxygen atoms in total. The summed E-state index contributed by atoms with van der Waals surface area (Å²) in [6.45, 7) is 1.98. The molecule has 0 amide bonds. The van der Waals surface area contributed by atoms with Crippen molar-refractivity contribution in [2.75, 3.05) is 16.8 Å². The van der Waals surface area contributed by atoms with Gasteiger partial charge in [0.25, 0.3) is 0 Å². The average Bonchev–Trinajstić information content (AvgIpc) is 2.14. The predicted molar refractivity (Wildman–Crippen MR) is 65.3 cm³/mol. The summed E-state index contributed by atoms with van der Waals surface area (Å²) in [5.74, 6) is 6.11. The first kappa shape index (κ1) is 10.9. The van der Waals surface area contributed by atoms with Gasteiger partial charge in [0.05, 0.1) is 11.4 Å². The van der Waals surface area contributed by atoms with Gasteiger partial charge in [0.2, 0.25) is 0 Å². The van der Waals surface area contributed by atoms with Gasteiger partial charge in [0.15, 0.2) is 0 Å². The van der Waals surface area contributed by atoms with Crippen molar-refractivity contribution in [3.05, 3.63) is 23.3 Å². The number of rotatable bonds is 1. The standard InChI is InChI=1S/C11H13BrN2/c1-8-6-10(13)11(14)7-9(8)4-2-3-5-12/h6-7H,3,5,13-14H2,1H3. The van der Waals surface area contributed by atoms with E-state index in [0.717, 1.165) is 22.9 Å². The second-order valence-electron chi connectivity index (χ2n) is 3.04. The molecule has 0 aliphatic rings. The first-order chi connectivity index (χ1) is 6.65. The largest absolute Gasteiger partial charge is 0.397 e. The van der Waals surface area contributed by atoms with Crippen LogP contribution in [-0.4, -0.2) is 5.33 Å². The first-order valence-electron chi connectivity index (χ1n) is 4.35. The second kappa shape index (κ2) is 4.92. The minimum absolute atomic E-state index is 0.596. The van der Waals surface area contributed by atoms with Crippen molar-refractivity contribution >= 4 is 27.3 Å². The van der Waals surface area contributed by atoms with Crippen LogP contribution in [0.4, 0.5) is 11.4 Å². The van der Waals surface area contributed by atoms with Crippen molar-refractivity contribution in [1.29, 1.82) is 0 Å². The molecule has 1 rings (SSSR count). The van der Waals surface area contributed by atoms with Crippen LogP contribution in [0.3, 0.4) is 0 Å². The maximum absolute atomic E-state index is 5.69. The van der Waals surface area contributed by atoms with Crippen molar-refractivity contribution < 1.29 is 0 Å². The molecule has 0 radical (unpaired) electrons. The highest BCUT2D eigenvalue weighted by Crippen LogP contribution is 2.19. The Morgan fingerprint density at radius 1 is 1.29 bits per heavy atom. The lowest BCUT2D eigenvalue weighted by Gasteiger charge is -2.03. The molecule has 4 N–H and O–H groups in total. The number of nitrogen functional groups attached to an aromatic ring is 2. The number of anilines is 2. The van der Waals surface area contributed by atoms with E-state index in [1.165, 1.54) is 0 Å². The smallest absolute Gasteiger partial charge is 0.0560 e. The van der Waals surface area contributed by atoms with Gasteiger partial charge in [-0.05, 0) is 24.6 Å². The summed E-state index contributed by atoms with van der Waals surface area (Å²) in [6.07, 6.45) is 0.837. The number of benzene rings is 1. The SMILES string of the molecule is Cc1cc(N)c(N)cc1C#CCCBr. The molecular formula is C11H13BrN2. The van der Waals surface area contributed by atoms with Crippen LogP contribution < -0.4 is 11.5 Å². The lowest BCUT2D eigenvalue weighted by atomic mass is 10.1. The van der Waals surface area contributed by atoms with Crippen LogP contribution in [0.15, 0.2) is 12.1 Å². The predicted octanol–water partition coefficient (Wildman–Crippen LogP) is 2.30. The van der Waals surface area contributed by atoms with Gasteiger partial charge in [-0.3, -0.25) is 0 Å². The molecule has 0 saturated heterocycles. The highest BCUT2D eigenvalue weighted by Gasteiger charge is 1.99. The molecule has 0 saturated carbocycles. The molecular weight excluding hydrogens is 240 g/mol. The van der Waals surface area contributed by atoms with Gasteiger partial charge in [-0.25, -0.2) is 0 Å². The first-order valence-corrected chi connectivity index (χ1v) is 5.47. The lowest BCUT2D eigenvalue weighted by Crippen LogP contribution is -1.96. The number of hydrogen-bond donors (Lipinski definition) is 2. The fraction of sp³-hybridized carbons (Fsp3) is 0.273. The molecule has 0 aliphatic carbocycles. The zero-order valence-electron chi connectivity index (χ0n) is 8.10. The van der Waals surface area contributed by atoms with Gasteiger partial charge in [-0.2, -0.15) is 0 Å². The van der Waals surface area contributed by atoms with E-state index in [1.54, 1.807) is 0 Å². The lowest BCUT2D eigenvalue weighted by molar-refractivity contribution is 1.32. The Labute approximate surface area is 92.8 Å². The van der Waals surface area contributed by atoms with Gasteiger partial charge in [-0.15, -0.1) is 0 Å². The van der Waals surface area contributed by atoms with Crippen molar-refractivity contribution in [3.63, 3.8) is 0 Å². The summed E-state index contributed by atoms with van der Waals surface area (Å²) in [5.41, 5.74) is 14.6. The van der Waals surface area contributed by atoms with E-state index < -0.39 is 0 Å². The van der Waals surface area contributed by atoms with Crippen molar-refractivity contribution in [3.8, 4) is 11.8 Å². The molecule has 0 bridgehead atoms. The third-order valence-electron chi connectivity index (χ3n) is 1.87. The van der Waals surface area contributed by atoms with E-state index in [0.29, 0.717) is 11.4 Å². The molecule has 0 aromatic heterocycles. The Kier molecular flexibility index (Phi) is 3.84. The zero-order chi connectivity index (χ0) is 10.6. The minimum atomic E-state index is 0.596. The maximum Gasteiger partial charge on any atom is 0.0560 e. The van der Waals surface area contributed by atoms with E-state index in [4.69, 9.17) is 11.5 Å². The van der Waals surface area contributed by atoms with Crippen LogP contribution in [0, 0.1) is 18.8 Å². The van der Waals surface area contributed by atoms with Gasteiger partial charge >= 0.3 is 0 Å². The van der Waals surface area contributed by atoms with Gasteiger partial charge < -0.3 is 11.5 Å². The summed E-state index contributed by atoms with van der Waals surface area (Å²) in [4.78, 5) is 0. The van der Waals surface area contributed by atoms with Crippen LogP contribution in [0.5, 0.6) is 0 Å². The monoisotopic (exact) mass is 252 g/mol. The van der Waals surface area contributed by atoms with Crippen LogP contribution >= 0.6 is 15.9 Å². The normalized spacial score (nSPS) is 9.29. The summed E-state index contributed by atoms with van der Waals surface area (Å²) in [7, 11) is 0. The zero-order valence-corrected chi connectivity index (χ0v) is 9.69. The number of hydrogen-bond acceptors (Lipinski definition) is 2. The highest BCUT2D eigenvalue weighted by molar-refractivity contribution is 9.09. The molecule has 3 heteroatoms. The second-order valence-corrected chi connectivity index (χ2v) is 3.83. The number of alkyl halides is 1. The summed E-state index contributed by atoms with van der Waals surface area (Å²) in [5, 5.41) is 0.892.